The lowest BCUT2D eigenvalue weighted by Gasteiger charge is -2.13. The second-order valence-electron chi connectivity index (χ2n) is 4.23. The zero-order valence-corrected chi connectivity index (χ0v) is 9.26. The first kappa shape index (κ1) is 10.2. The fraction of sp³-hybridized carbons (Fsp3) is 0.364. The number of hydrogen-bond donors (Lipinski definition) is 2. The number of carbonyl (C=O) groups is 1. The van der Waals surface area contributed by atoms with E-state index in [1.54, 1.807) is 17.3 Å². The van der Waals surface area contributed by atoms with Crippen LogP contribution in [0.1, 0.15) is 12.2 Å². The molecule has 1 amide bonds. The molecule has 1 saturated heterocycles. The van der Waals surface area contributed by atoms with Gasteiger partial charge in [-0.1, -0.05) is 0 Å². The molecule has 1 aliphatic rings. The van der Waals surface area contributed by atoms with E-state index in [1.807, 2.05) is 6.07 Å². The van der Waals surface area contributed by atoms with E-state index in [0.717, 1.165) is 23.3 Å². The number of imidazole rings is 1. The number of pyridine rings is 1. The Labute approximate surface area is 97.8 Å². The van der Waals surface area contributed by atoms with Gasteiger partial charge in [0.05, 0.1) is 29.8 Å². The van der Waals surface area contributed by atoms with Gasteiger partial charge in [0.2, 0.25) is 5.91 Å². The molecule has 0 aromatic carbocycles. The van der Waals surface area contributed by atoms with Crippen LogP contribution in [0, 0.1) is 0 Å². The van der Waals surface area contributed by atoms with Crippen LogP contribution >= 0.6 is 0 Å². The number of hydrogen-bond acceptors (Lipinski definition) is 4. The number of aromatic amines is 1. The maximum atomic E-state index is 11.7. The van der Waals surface area contributed by atoms with Gasteiger partial charge in [-0.05, 0) is 12.5 Å². The number of H-pyrrole nitrogens is 1. The van der Waals surface area contributed by atoms with E-state index in [-0.39, 0.29) is 11.9 Å². The second-order valence-corrected chi connectivity index (χ2v) is 4.23. The zero-order valence-electron chi connectivity index (χ0n) is 9.26. The summed E-state index contributed by atoms with van der Waals surface area (Å²) < 4.78 is 0. The van der Waals surface area contributed by atoms with Gasteiger partial charge in [-0.15, -0.1) is 0 Å². The van der Waals surface area contributed by atoms with E-state index in [9.17, 15) is 4.79 Å². The van der Waals surface area contributed by atoms with E-state index < -0.39 is 0 Å². The average Bonchev–Trinajstić information content (AvgIpc) is 2.87. The standard InChI is InChI=1S/C11H13N5O/c12-7-2-4-16(11(7)17)6-10-14-8-1-3-13-5-9(8)15-10/h1,3,5,7H,2,4,6,12H2,(H,14,15)/t7-/m0/s1. The summed E-state index contributed by atoms with van der Waals surface area (Å²) in [6.07, 6.45) is 4.15. The van der Waals surface area contributed by atoms with E-state index in [4.69, 9.17) is 5.73 Å². The van der Waals surface area contributed by atoms with Gasteiger partial charge in [0.25, 0.3) is 0 Å². The number of amides is 1. The molecule has 2 aromatic heterocycles. The van der Waals surface area contributed by atoms with Gasteiger partial charge in [0.1, 0.15) is 5.82 Å². The molecule has 6 heteroatoms. The van der Waals surface area contributed by atoms with E-state index in [2.05, 4.69) is 15.0 Å². The van der Waals surface area contributed by atoms with Gasteiger partial charge in [0, 0.05) is 12.7 Å². The third-order valence-corrected chi connectivity index (χ3v) is 3.01. The lowest BCUT2D eigenvalue weighted by Crippen LogP contribution is -2.33. The molecule has 3 N–H and O–H groups in total. The minimum Gasteiger partial charge on any atom is -0.339 e. The van der Waals surface area contributed by atoms with Crippen LogP contribution in [-0.2, 0) is 11.3 Å². The highest BCUT2D eigenvalue weighted by Gasteiger charge is 2.28. The Kier molecular flexibility index (Phi) is 2.29. The van der Waals surface area contributed by atoms with Crippen molar-refractivity contribution in [1.82, 2.24) is 19.9 Å². The maximum Gasteiger partial charge on any atom is 0.239 e. The minimum absolute atomic E-state index is 0.00332. The highest BCUT2D eigenvalue weighted by molar-refractivity contribution is 5.83. The van der Waals surface area contributed by atoms with Crippen LogP contribution in [0.25, 0.3) is 11.0 Å². The lowest BCUT2D eigenvalue weighted by atomic mass is 10.3. The molecule has 1 fully saturated rings. The molecule has 0 unspecified atom stereocenters. The Balaban J connectivity index is 1.83. The van der Waals surface area contributed by atoms with Gasteiger partial charge in [-0.25, -0.2) is 4.98 Å². The first-order chi connectivity index (χ1) is 8.24. The summed E-state index contributed by atoms with van der Waals surface area (Å²) in [5.41, 5.74) is 7.42. The summed E-state index contributed by atoms with van der Waals surface area (Å²) in [5.74, 6) is 0.777. The normalized spacial score (nSPS) is 20.4. The van der Waals surface area contributed by atoms with Crippen LogP contribution in [-0.4, -0.2) is 38.3 Å². The minimum atomic E-state index is -0.346. The van der Waals surface area contributed by atoms with Gasteiger partial charge in [-0.3, -0.25) is 9.78 Å². The smallest absolute Gasteiger partial charge is 0.239 e. The van der Waals surface area contributed by atoms with E-state index >= 15 is 0 Å². The monoisotopic (exact) mass is 231 g/mol. The number of nitrogens with zero attached hydrogens (tertiary/aromatic N) is 3. The summed E-state index contributed by atoms with van der Waals surface area (Å²) in [7, 11) is 0. The Morgan fingerprint density at radius 1 is 1.59 bits per heavy atom. The molecule has 0 spiro atoms. The Bertz CT molecular complexity index is 531. The van der Waals surface area contributed by atoms with Crippen LogP contribution < -0.4 is 5.73 Å². The van der Waals surface area contributed by atoms with Crippen molar-refractivity contribution in [3.8, 4) is 0 Å². The summed E-state index contributed by atoms with van der Waals surface area (Å²) in [6, 6.07) is 1.49. The highest BCUT2D eigenvalue weighted by atomic mass is 16.2. The molecule has 88 valence electrons. The van der Waals surface area contributed by atoms with Gasteiger partial charge < -0.3 is 15.6 Å². The number of fused-ring (bicyclic) bond motifs is 1. The van der Waals surface area contributed by atoms with Crippen molar-refractivity contribution in [3.05, 3.63) is 24.3 Å². The van der Waals surface area contributed by atoms with Gasteiger partial charge in [-0.2, -0.15) is 0 Å². The van der Waals surface area contributed by atoms with Gasteiger partial charge >= 0.3 is 0 Å². The first-order valence-electron chi connectivity index (χ1n) is 5.57. The Morgan fingerprint density at radius 3 is 3.18 bits per heavy atom. The number of nitrogens with two attached hydrogens (primary N) is 1. The highest BCUT2D eigenvalue weighted by Crippen LogP contribution is 2.14. The largest absolute Gasteiger partial charge is 0.339 e. The van der Waals surface area contributed by atoms with Crippen LogP contribution in [0.3, 0.4) is 0 Å². The summed E-state index contributed by atoms with van der Waals surface area (Å²) in [4.78, 5) is 25.0. The quantitative estimate of drug-likeness (QED) is 0.762. The average molecular weight is 231 g/mol. The number of likely N-dealkylation sites (tertiary alicyclic amines) is 1. The molecular formula is C11H13N5O. The molecule has 0 aliphatic carbocycles. The summed E-state index contributed by atoms with van der Waals surface area (Å²) >= 11 is 0. The van der Waals surface area contributed by atoms with Crippen molar-refractivity contribution in [2.75, 3.05) is 6.54 Å². The van der Waals surface area contributed by atoms with Crippen molar-refractivity contribution < 1.29 is 4.79 Å². The van der Waals surface area contributed by atoms with Crippen LogP contribution in [0.5, 0.6) is 0 Å². The lowest BCUT2D eigenvalue weighted by molar-refractivity contribution is -0.129. The molecule has 1 atom stereocenters. The number of rotatable bonds is 2. The summed E-state index contributed by atoms with van der Waals surface area (Å²) in [5, 5.41) is 0. The van der Waals surface area contributed by atoms with E-state index in [1.165, 1.54) is 0 Å². The Hall–Kier alpha value is -1.95. The fourth-order valence-electron chi connectivity index (χ4n) is 2.09. The molecule has 17 heavy (non-hydrogen) atoms. The third kappa shape index (κ3) is 1.76. The number of nitrogens with one attached hydrogen (secondary N) is 1. The SMILES string of the molecule is N[C@H]1CCN(Cc2nc3ccncc3[nH]2)C1=O. The van der Waals surface area contributed by atoms with Crippen LogP contribution in [0.15, 0.2) is 18.5 Å². The van der Waals surface area contributed by atoms with Crippen molar-refractivity contribution in [1.29, 1.82) is 0 Å². The molecule has 2 aromatic rings. The van der Waals surface area contributed by atoms with Gasteiger partial charge in [0.15, 0.2) is 0 Å². The predicted molar refractivity (Wildman–Crippen MR) is 61.9 cm³/mol. The molecule has 6 nitrogen and oxygen atoms in total. The van der Waals surface area contributed by atoms with Crippen molar-refractivity contribution in [2.24, 2.45) is 5.73 Å². The molecular weight excluding hydrogens is 218 g/mol. The fourth-order valence-corrected chi connectivity index (χ4v) is 2.09. The number of aromatic nitrogens is 3. The first-order valence-corrected chi connectivity index (χ1v) is 5.57. The van der Waals surface area contributed by atoms with Crippen molar-refractivity contribution in [3.63, 3.8) is 0 Å². The molecule has 0 bridgehead atoms. The molecule has 0 radical (unpaired) electrons. The molecule has 1 aliphatic heterocycles. The van der Waals surface area contributed by atoms with E-state index in [0.29, 0.717) is 13.1 Å². The second kappa shape index (κ2) is 3.81. The predicted octanol–water partition coefficient (Wildman–Crippen LogP) is 0.0175. The zero-order chi connectivity index (χ0) is 11.8. The summed E-state index contributed by atoms with van der Waals surface area (Å²) in [6.45, 7) is 1.19. The molecule has 3 rings (SSSR count). The van der Waals surface area contributed by atoms with Crippen molar-refractivity contribution >= 4 is 16.9 Å². The molecule has 3 heterocycles. The molecule has 0 saturated carbocycles. The van der Waals surface area contributed by atoms with Crippen molar-refractivity contribution in [2.45, 2.75) is 19.0 Å². The Morgan fingerprint density at radius 2 is 2.47 bits per heavy atom. The third-order valence-electron chi connectivity index (χ3n) is 3.01. The van der Waals surface area contributed by atoms with Crippen LogP contribution in [0.2, 0.25) is 0 Å². The number of carbonyl (C=O) groups excluding carboxylic acids is 1. The topological polar surface area (TPSA) is 87.9 Å². The van der Waals surface area contributed by atoms with Crippen LogP contribution in [0.4, 0.5) is 0 Å². The maximum absolute atomic E-state index is 11.7.